The molecular weight excluding hydrogens is 568 g/mol. The number of H-pyrrole nitrogens is 1. The number of nitrogens with zero attached hydrogens (tertiary/aromatic N) is 4. The number of carbonyl (C=O) groups is 1. The molecule has 6 rings (SSSR count). The predicted molar refractivity (Wildman–Crippen MR) is 153 cm³/mol. The Morgan fingerprint density at radius 1 is 1.00 bits per heavy atom. The number of nitrogens with one attached hydrogen (secondary N) is 1. The van der Waals surface area contributed by atoms with Crippen LogP contribution in [0.2, 0.25) is 10.0 Å². The highest BCUT2D eigenvalue weighted by Crippen LogP contribution is 2.35. The third-order valence-corrected chi connectivity index (χ3v) is 7.89. The molecule has 1 saturated heterocycles. The topological polar surface area (TPSA) is 97.0 Å². The molecule has 3 heterocycles. The number of halogens is 3. The maximum absolute atomic E-state index is 14.4. The summed E-state index contributed by atoms with van der Waals surface area (Å²) in [5, 5.41) is 12.0. The van der Waals surface area contributed by atoms with Crippen molar-refractivity contribution >= 4 is 29.1 Å². The zero-order valence-corrected chi connectivity index (χ0v) is 23.2. The van der Waals surface area contributed by atoms with Gasteiger partial charge >= 0.3 is 5.76 Å². The summed E-state index contributed by atoms with van der Waals surface area (Å²) in [7, 11) is 0. The van der Waals surface area contributed by atoms with Crippen LogP contribution in [0.3, 0.4) is 0 Å². The van der Waals surface area contributed by atoms with Crippen LogP contribution >= 0.6 is 23.2 Å². The third-order valence-electron chi connectivity index (χ3n) is 7.32. The van der Waals surface area contributed by atoms with E-state index in [0.717, 1.165) is 5.56 Å². The van der Waals surface area contributed by atoms with Gasteiger partial charge in [0.15, 0.2) is 5.69 Å². The van der Waals surface area contributed by atoms with Crippen molar-refractivity contribution in [1.29, 1.82) is 0 Å². The van der Waals surface area contributed by atoms with Crippen LogP contribution in [0, 0.1) is 5.82 Å². The Kier molecular flexibility index (Phi) is 7.47. The third kappa shape index (κ3) is 5.42. The molecule has 8 nitrogen and oxygen atoms in total. The number of amides is 1. The molecule has 0 spiro atoms. The average Bonchev–Trinajstić information content (AvgIpc) is 3.57. The summed E-state index contributed by atoms with van der Waals surface area (Å²) in [6.45, 7) is 0.869. The lowest BCUT2D eigenvalue weighted by molar-refractivity contribution is 0.0705. The van der Waals surface area contributed by atoms with Crippen molar-refractivity contribution < 1.29 is 13.6 Å². The quantitative estimate of drug-likeness (QED) is 0.251. The fraction of sp³-hybridized carbons (Fsp3) is 0.200. The molecule has 0 bridgehead atoms. The van der Waals surface area contributed by atoms with Crippen molar-refractivity contribution in [2.75, 3.05) is 13.1 Å². The number of hydrogen-bond acceptors (Lipinski definition) is 5. The van der Waals surface area contributed by atoms with E-state index in [9.17, 15) is 14.0 Å². The van der Waals surface area contributed by atoms with Crippen molar-refractivity contribution in [3.05, 3.63) is 122 Å². The highest BCUT2D eigenvalue weighted by atomic mass is 35.5. The summed E-state index contributed by atoms with van der Waals surface area (Å²) < 4.78 is 21.3. The number of hydrogen-bond donors (Lipinski definition) is 1. The van der Waals surface area contributed by atoms with E-state index in [-0.39, 0.29) is 35.6 Å². The van der Waals surface area contributed by atoms with Gasteiger partial charge in [0.2, 0.25) is 5.89 Å². The van der Waals surface area contributed by atoms with Gasteiger partial charge in [-0.2, -0.15) is 5.10 Å². The summed E-state index contributed by atoms with van der Waals surface area (Å²) in [6, 6.07) is 21.1. The molecule has 208 valence electrons. The second-order valence-corrected chi connectivity index (χ2v) is 10.7. The molecule has 1 N–H and O–H groups in total. The van der Waals surface area contributed by atoms with Gasteiger partial charge in [-0.05, 0) is 54.7 Å². The van der Waals surface area contributed by atoms with Gasteiger partial charge in [0.25, 0.3) is 5.91 Å². The van der Waals surface area contributed by atoms with Crippen LogP contribution in [-0.4, -0.2) is 43.9 Å². The molecule has 1 aliphatic heterocycles. The van der Waals surface area contributed by atoms with Crippen molar-refractivity contribution in [3.8, 4) is 16.9 Å². The van der Waals surface area contributed by atoms with Gasteiger partial charge in [0.05, 0.1) is 22.8 Å². The summed E-state index contributed by atoms with van der Waals surface area (Å²) >= 11 is 12.8. The smallest absolute Gasteiger partial charge is 0.392 e. The summed E-state index contributed by atoms with van der Waals surface area (Å²) in [6.07, 6.45) is 1.25. The standard InChI is InChI=1S/C30H24Cl2FN5O3/c31-20-11-9-19(10-12-20)28-22(17-26-34-35-30(40)41-26)27(36-38(28)25-8-4-2-6-23(25)32)29(39)37-15-13-18(14-16-37)21-5-1-3-7-24(21)33/h1-12,18H,13-17H2,(H,35,40). The van der Waals surface area contributed by atoms with Crippen molar-refractivity contribution in [3.63, 3.8) is 0 Å². The first-order valence-corrected chi connectivity index (χ1v) is 13.9. The summed E-state index contributed by atoms with van der Waals surface area (Å²) in [5.74, 6) is -1.09. The van der Waals surface area contributed by atoms with E-state index in [1.165, 1.54) is 6.07 Å². The maximum Gasteiger partial charge on any atom is 0.434 e. The number of benzene rings is 3. The van der Waals surface area contributed by atoms with E-state index < -0.39 is 5.76 Å². The number of carbonyl (C=O) groups excluding carboxylic acids is 1. The van der Waals surface area contributed by atoms with Crippen LogP contribution < -0.4 is 5.76 Å². The molecule has 1 fully saturated rings. The Bertz CT molecular complexity index is 1770. The minimum absolute atomic E-state index is 0.0170. The number of piperidine rings is 1. The SMILES string of the molecule is O=C(c1nn(-c2ccccc2Cl)c(-c2ccc(Cl)cc2)c1Cc1n[nH]c(=O)o1)N1CCC(c2ccccc2F)CC1. The Labute approximate surface area is 244 Å². The van der Waals surface area contributed by atoms with Gasteiger partial charge in [0, 0.05) is 29.2 Å². The predicted octanol–water partition coefficient (Wildman–Crippen LogP) is 6.27. The molecule has 0 unspecified atom stereocenters. The second-order valence-electron chi connectivity index (χ2n) is 9.82. The Morgan fingerprint density at radius 3 is 2.39 bits per heavy atom. The number of aromatic nitrogens is 4. The van der Waals surface area contributed by atoms with Crippen molar-refractivity contribution in [1.82, 2.24) is 24.9 Å². The van der Waals surface area contributed by atoms with E-state index in [4.69, 9.17) is 32.7 Å². The number of para-hydroxylation sites is 1. The first kappa shape index (κ1) is 27.0. The molecule has 5 aromatic rings. The normalized spacial score (nSPS) is 14.0. The van der Waals surface area contributed by atoms with Gasteiger partial charge < -0.3 is 9.32 Å². The minimum atomic E-state index is -0.699. The molecular formula is C30H24Cl2FN5O3. The van der Waals surface area contributed by atoms with Crippen LogP contribution in [0.15, 0.2) is 82.0 Å². The van der Waals surface area contributed by atoms with Gasteiger partial charge in [-0.25, -0.2) is 19.0 Å². The Morgan fingerprint density at radius 2 is 1.71 bits per heavy atom. The number of rotatable bonds is 6. The lowest BCUT2D eigenvalue weighted by atomic mass is 9.89. The van der Waals surface area contributed by atoms with Crippen LogP contribution in [0.5, 0.6) is 0 Å². The zero-order chi connectivity index (χ0) is 28.5. The van der Waals surface area contributed by atoms with E-state index in [2.05, 4.69) is 10.2 Å². The lowest BCUT2D eigenvalue weighted by Crippen LogP contribution is -2.38. The molecule has 0 radical (unpaired) electrons. The largest absolute Gasteiger partial charge is 0.434 e. The molecule has 41 heavy (non-hydrogen) atoms. The molecule has 1 aliphatic rings. The van der Waals surface area contributed by atoms with E-state index in [0.29, 0.717) is 58.5 Å². The van der Waals surface area contributed by atoms with Crippen LogP contribution in [-0.2, 0) is 6.42 Å². The van der Waals surface area contributed by atoms with Crippen molar-refractivity contribution in [2.45, 2.75) is 25.2 Å². The first-order chi connectivity index (χ1) is 19.9. The Balaban J connectivity index is 1.44. The van der Waals surface area contributed by atoms with Crippen LogP contribution in [0.4, 0.5) is 4.39 Å². The summed E-state index contributed by atoms with van der Waals surface area (Å²) in [4.78, 5) is 27.6. The van der Waals surface area contributed by atoms with Gasteiger partial charge in [-0.15, -0.1) is 5.10 Å². The monoisotopic (exact) mass is 591 g/mol. The summed E-state index contributed by atoms with van der Waals surface area (Å²) in [5.41, 5.74) is 3.26. The molecule has 2 aromatic heterocycles. The van der Waals surface area contributed by atoms with E-state index in [1.807, 2.05) is 30.3 Å². The molecule has 0 atom stereocenters. The van der Waals surface area contributed by atoms with Gasteiger partial charge in [-0.3, -0.25) is 4.79 Å². The van der Waals surface area contributed by atoms with E-state index >= 15 is 0 Å². The fourth-order valence-corrected chi connectivity index (χ4v) is 5.67. The van der Waals surface area contributed by atoms with Crippen LogP contribution in [0.25, 0.3) is 16.9 Å². The van der Waals surface area contributed by atoms with Crippen molar-refractivity contribution in [2.24, 2.45) is 0 Å². The van der Waals surface area contributed by atoms with Gasteiger partial charge in [-0.1, -0.05) is 65.7 Å². The number of likely N-dealkylation sites (tertiary alicyclic amines) is 1. The molecule has 0 saturated carbocycles. The van der Waals surface area contributed by atoms with Crippen LogP contribution in [0.1, 0.15) is 46.3 Å². The number of aromatic amines is 1. The highest BCUT2D eigenvalue weighted by molar-refractivity contribution is 6.32. The molecule has 0 aliphatic carbocycles. The highest BCUT2D eigenvalue weighted by Gasteiger charge is 2.32. The fourth-order valence-electron chi connectivity index (χ4n) is 5.33. The average molecular weight is 592 g/mol. The van der Waals surface area contributed by atoms with Gasteiger partial charge in [0.1, 0.15) is 5.82 Å². The molecule has 11 heteroatoms. The first-order valence-electron chi connectivity index (χ1n) is 13.1. The molecule has 1 amide bonds. The second kappa shape index (κ2) is 11.3. The zero-order valence-electron chi connectivity index (χ0n) is 21.7. The van der Waals surface area contributed by atoms with E-state index in [1.54, 1.807) is 46.0 Å². The maximum atomic E-state index is 14.4. The molecule has 3 aromatic carbocycles. The lowest BCUT2D eigenvalue weighted by Gasteiger charge is -2.32. The Hall–Kier alpha value is -4.21. The minimum Gasteiger partial charge on any atom is -0.392 e.